The van der Waals surface area contributed by atoms with Crippen LogP contribution in [0.15, 0.2) is 24.3 Å². The van der Waals surface area contributed by atoms with Crippen molar-refractivity contribution in [3.63, 3.8) is 0 Å². The van der Waals surface area contributed by atoms with Gasteiger partial charge in [-0.15, -0.1) is 0 Å². The minimum Gasteiger partial charge on any atom is -0.478 e. The molecule has 1 aromatic rings. The molecule has 40 atom stereocenters. The third-order valence-electron chi connectivity index (χ3n) is 18.5. The average molecular weight is 1450 g/mol. The first-order chi connectivity index (χ1) is 47.1. The highest BCUT2D eigenvalue weighted by Gasteiger charge is 2.60. The van der Waals surface area contributed by atoms with Gasteiger partial charge in [-0.3, -0.25) is 0 Å². The molecule has 30 aliphatic heterocycles. The van der Waals surface area contributed by atoms with Gasteiger partial charge in [0.15, 0.2) is 50.3 Å². The number of rotatable bonds is 11. The maximum absolute atomic E-state index is 13.5. The molecule has 0 unspecified atom stereocenters. The van der Waals surface area contributed by atoms with Crippen molar-refractivity contribution in [1.29, 1.82) is 0 Å². The minimum absolute atomic E-state index is 0.522. The number of ether oxygens (including phenoxy) is 17. The van der Waals surface area contributed by atoms with E-state index in [4.69, 9.17) is 80.5 Å². The molecular weight excluding hydrogens is 1360 g/mol. The van der Waals surface area contributed by atoms with Crippen molar-refractivity contribution in [2.24, 2.45) is 0 Å². The summed E-state index contributed by atoms with van der Waals surface area (Å²) in [6.45, 7) is -8.99. The Morgan fingerprint density at radius 2 is 0.434 bits per heavy atom. The van der Waals surface area contributed by atoms with Gasteiger partial charge in [-0.2, -0.15) is 0 Å². The molecule has 31 rings (SSSR count). The first-order valence-electron chi connectivity index (χ1n) is 31.3. The Morgan fingerprint density at radius 3 is 0.616 bits per heavy atom. The lowest BCUT2D eigenvalue weighted by atomic mass is 9.94. The van der Waals surface area contributed by atoms with Crippen LogP contribution in [-0.2, 0) is 80.5 Å². The van der Waals surface area contributed by atoms with E-state index in [0.29, 0.717) is 0 Å². The summed E-state index contributed by atoms with van der Waals surface area (Å²) in [7, 11) is 0. The van der Waals surface area contributed by atoms with Crippen molar-refractivity contribution in [2.45, 2.75) is 246 Å². The van der Waals surface area contributed by atoms with Gasteiger partial charge in [0.05, 0.1) is 57.4 Å². The van der Waals surface area contributed by atoms with Crippen LogP contribution in [0.5, 0.6) is 0 Å². The molecule has 1 aromatic carbocycles. The number of aliphatic hydroxyl groups is 23. The molecular formula is C56H84O43. The van der Waals surface area contributed by atoms with Crippen LogP contribution in [-0.4, -0.2) is 433 Å². The molecule has 0 amide bonds. The first-order valence-corrected chi connectivity index (χ1v) is 31.3. The van der Waals surface area contributed by atoms with E-state index in [0.717, 1.165) is 12.1 Å². The Balaban J connectivity index is 0.937. The number of carboxylic acid groups (broad SMARTS) is 1. The number of carbonyl (C=O) groups excluding carboxylic acids is 1. The van der Waals surface area contributed by atoms with Crippen molar-refractivity contribution in [3.05, 3.63) is 35.4 Å². The fraction of sp³-hybridized carbons (Fsp3) is 0.857. The van der Waals surface area contributed by atoms with Crippen molar-refractivity contribution < 1.29 is 213 Å². The number of carboxylic acids is 1. The molecule has 0 aromatic heterocycles. The summed E-state index contributed by atoms with van der Waals surface area (Å²) in [6, 6.07) is 4.68. The van der Waals surface area contributed by atoms with E-state index in [1.54, 1.807) is 0 Å². The third kappa shape index (κ3) is 15.8. The zero-order valence-electron chi connectivity index (χ0n) is 51.6. The van der Waals surface area contributed by atoms with Gasteiger partial charge in [-0.1, -0.05) is 12.1 Å². The topological polar surface area (TPSA) is 677 Å². The van der Waals surface area contributed by atoms with Crippen LogP contribution >= 0.6 is 0 Å². The molecule has 0 saturated carbocycles. The smallest absolute Gasteiger partial charge is 0.339 e. The summed E-state index contributed by atoms with van der Waals surface area (Å²) in [5, 5.41) is 268. The number of esters is 1. The van der Waals surface area contributed by atoms with E-state index in [-0.39, 0.29) is 0 Å². The number of carbonyl (C=O) groups is 2. The number of hydrogen-bond donors (Lipinski definition) is 24. The Labute approximate surface area is 557 Å². The maximum Gasteiger partial charge on any atom is 0.339 e. The molecule has 43 nitrogen and oxygen atoms in total. The second-order valence-electron chi connectivity index (χ2n) is 24.7. The highest BCUT2D eigenvalue weighted by molar-refractivity contribution is 6.02. The Bertz CT molecular complexity index is 2730. The number of hydrogen-bond acceptors (Lipinski definition) is 42. The normalized spacial score (nSPS) is 50.4. The summed E-state index contributed by atoms with van der Waals surface area (Å²) >= 11 is 0. The molecule has 30 heterocycles. The van der Waals surface area contributed by atoms with Crippen LogP contribution in [0.3, 0.4) is 0 Å². The Hall–Kier alpha value is -3.40. The van der Waals surface area contributed by atoms with E-state index in [2.05, 4.69) is 0 Å². The van der Waals surface area contributed by atoms with Gasteiger partial charge in [0, 0.05) is 0 Å². The Kier molecular flexibility index (Phi) is 26.4. The lowest BCUT2D eigenvalue weighted by Crippen LogP contribution is -2.69. The maximum atomic E-state index is 13.5. The van der Waals surface area contributed by atoms with Gasteiger partial charge >= 0.3 is 11.9 Å². The lowest BCUT2D eigenvalue weighted by Gasteiger charge is -2.50. The van der Waals surface area contributed by atoms with E-state index < -0.39 is 322 Å². The summed E-state index contributed by atoms with van der Waals surface area (Å²) < 4.78 is 97.5. The third-order valence-corrected chi connectivity index (χ3v) is 18.5. The minimum atomic E-state index is -2.40. The van der Waals surface area contributed by atoms with Gasteiger partial charge < -0.3 is 203 Å². The van der Waals surface area contributed by atoms with Gasteiger partial charge in [-0.25, -0.2) is 9.59 Å². The van der Waals surface area contributed by atoms with Crippen molar-refractivity contribution in [2.75, 3.05) is 52.9 Å². The SMILES string of the molecule is O=C(O)c1ccccc1C(=O)OC[C@H]1O[C@@H]2O[C@H]3[C@H](O)[C@@H](O)[C@@H](O[C@H]4[C@H](O)[C@@H](O)[C@@H](O[C@H]5[C@H](O)[C@@H](O)[C@@H](O[C@H]6[C@H](O)[C@@H](O)[C@@H](O[C@H]7[C@H](O)[C@@H](O)[C@@H](O[C@H]8[C@H](O)[C@@H](O)[C@@H](O[C@H]9[C@H](O)[C@H](O)[C@@H](O[C@H]1[C@H](O)[C@H]2O)O[C@@H]9CO)O[C@@H]8CO)O[C@@H]7CO)O[C@@H]6CO)O[C@H]5CO)O[C@H]4CO)O[C@H]3CO. The fourth-order valence-electron chi connectivity index (χ4n) is 13.0. The molecule has 16 bridgehead atoms. The summed E-state index contributed by atoms with van der Waals surface area (Å²) in [4.78, 5) is 25.6. The second kappa shape index (κ2) is 33.4. The fourth-order valence-corrected chi connectivity index (χ4v) is 13.0. The van der Waals surface area contributed by atoms with E-state index in [1.165, 1.54) is 12.1 Å². The molecule has 24 N–H and O–H groups in total. The number of aliphatic hydroxyl groups excluding tert-OH is 23. The van der Waals surface area contributed by atoms with Gasteiger partial charge in [0.2, 0.25) is 0 Å². The molecule has 43 heteroatoms. The summed E-state index contributed by atoms with van der Waals surface area (Å²) in [5.74, 6) is -2.91. The molecule has 566 valence electrons. The number of benzene rings is 1. The molecule has 99 heavy (non-hydrogen) atoms. The molecule has 0 radical (unpaired) electrons. The zero-order valence-corrected chi connectivity index (χ0v) is 51.6. The zero-order chi connectivity index (χ0) is 71.9. The molecule has 0 spiro atoms. The van der Waals surface area contributed by atoms with E-state index in [9.17, 15) is 132 Å². The van der Waals surface area contributed by atoms with Crippen molar-refractivity contribution in [1.82, 2.24) is 0 Å². The predicted molar refractivity (Wildman–Crippen MR) is 298 cm³/mol. The lowest BCUT2D eigenvalue weighted by molar-refractivity contribution is -0.404. The molecule has 30 aliphatic rings. The standard InChI is InChI=1S/C56H84O43/c57-5-15-39-23(64)31(72)49(84-15)93-40-16(6-58)86-51(33(74)25(40)66)95-42-18(8-60)88-53(35(76)27(42)68)97-44-20(10-62)90-55(37(78)29(44)70)99-46-22(12-83-48(82)14-4-2-1-3-13(14)47(80)81)91-56(38(79)30(46)71)98-45-21(11-63)89-54(36(77)28(45)69)96-43-19(9-61)87-52(34(75)26(43)67)94-41-17(7-59)85-50(92-39)32(73)24(41)65/h1-4,15-46,49-79H,5-12H2,(H,80,81)/t15-,16-,17+,18-,19+,20-,21+,22-,23-,24-,25-,26-,27-,28-,29-,30-,31-,32-,33-,34-,35-,36-,37+,38-,39-,40-,41-,42-,43-,44-,45-,46-,49-,50-,51-,52-,53-,54-,55-,56-/m1/s1. The van der Waals surface area contributed by atoms with Crippen LogP contribution in [0.2, 0.25) is 0 Å². The highest BCUT2D eigenvalue weighted by Crippen LogP contribution is 2.40. The van der Waals surface area contributed by atoms with Crippen LogP contribution in [0.25, 0.3) is 0 Å². The van der Waals surface area contributed by atoms with Gasteiger partial charge in [0.1, 0.15) is 202 Å². The Morgan fingerprint density at radius 1 is 0.263 bits per heavy atom. The van der Waals surface area contributed by atoms with E-state index in [1.807, 2.05) is 0 Å². The number of aromatic carboxylic acids is 1. The second-order valence-corrected chi connectivity index (χ2v) is 24.7. The van der Waals surface area contributed by atoms with Crippen molar-refractivity contribution >= 4 is 11.9 Å². The monoisotopic (exact) mass is 1440 g/mol. The molecule has 0 aliphatic carbocycles. The highest BCUT2D eigenvalue weighted by atomic mass is 16.8. The van der Waals surface area contributed by atoms with Crippen LogP contribution < -0.4 is 0 Å². The van der Waals surface area contributed by atoms with Crippen molar-refractivity contribution in [3.8, 4) is 0 Å². The van der Waals surface area contributed by atoms with Crippen LogP contribution in [0.1, 0.15) is 20.7 Å². The van der Waals surface area contributed by atoms with Crippen LogP contribution in [0, 0.1) is 0 Å². The summed E-state index contributed by atoms with van der Waals surface area (Å²) in [5.41, 5.74) is -1.07. The largest absolute Gasteiger partial charge is 0.478 e. The summed E-state index contributed by atoms with van der Waals surface area (Å²) in [6.07, 6.45) is -85.1. The quantitative estimate of drug-likeness (QED) is 0.0915. The van der Waals surface area contributed by atoms with Crippen LogP contribution in [0.4, 0.5) is 0 Å². The van der Waals surface area contributed by atoms with E-state index >= 15 is 0 Å². The van der Waals surface area contributed by atoms with Gasteiger partial charge in [0.25, 0.3) is 0 Å². The first kappa shape index (κ1) is 78.2. The predicted octanol–water partition coefficient (Wildman–Crippen LogP) is -15.8. The molecule has 30 saturated heterocycles. The van der Waals surface area contributed by atoms with Gasteiger partial charge in [-0.05, 0) is 12.1 Å². The average Bonchev–Trinajstić information content (AvgIpc) is 0.777. The molecule has 30 fully saturated rings.